The molecule has 95 valence electrons. The fraction of sp³-hybridized carbons (Fsp3) is 0.588. The highest BCUT2D eigenvalue weighted by Crippen LogP contribution is 2.17. The van der Waals surface area contributed by atoms with Crippen molar-refractivity contribution in [2.75, 3.05) is 0 Å². The van der Waals surface area contributed by atoms with Gasteiger partial charge in [0.05, 0.1) is 0 Å². The summed E-state index contributed by atoms with van der Waals surface area (Å²) < 4.78 is 0. The zero-order valence-corrected chi connectivity index (χ0v) is 11.8. The molecule has 0 atom stereocenters. The zero-order valence-electron chi connectivity index (χ0n) is 11.8. The summed E-state index contributed by atoms with van der Waals surface area (Å²) in [5, 5.41) is 0. The van der Waals surface area contributed by atoms with E-state index in [4.69, 9.17) is 0 Å². The van der Waals surface area contributed by atoms with Crippen LogP contribution in [0.15, 0.2) is 12.1 Å². The molecule has 0 aromatic heterocycles. The highest BCUT2D eigenvalue weighted by molar-refractivity contribution is 5.36. The molecule has 0 spiro atoms. The summed E-state index contributed by atoms with van der Waals surface area (Å²) >= 11 is 0. The van der Waals surface area contributed by atoms with Gasteiger partial charge in [0, 0.05) is 0 Å². The summed E-state index contributed by atoms with van der Waals surface area (Å²) in [6.45, 7) is 10.5. The minimum atomic E-state index is 1.09. The number of unbranched alkanes of at least 4 members (excludes halogenated alkanes) is 5. The van der Waals surface area contributed by atoms with Crippen LogP contribution in [0.4, 0.5) is 0 Å². The van der Waals surface area contributed by atoms with Crippen molar-refractivity contribution in [2.45, 2.75) is 65.7 Å². The first-order chi connectivity index (χ1) is 8.15. The highest BCUT2D eigenvalue weighted by atomic mass is 14.1. The predicted molar refractivity (Wildman–Crippen MR) is 77.4 cm³/mol. The van der Waals surface area contributed by atoms with Crippen LogP contribution in [0.1, 0.15) is 60.8 Å². The van der Waals surface area contributed by atoms with Gasteiger partial charge in [0.25, 0.3) is 0 Å². The monoisotopic (exact) mass is 231 g/mol. The second-order valence-corrected chi connectivity index (χ2v) is 5.23. The zero-order chi connectivity index (χ0) is 12.7. The van der Waals surface area contributed by atoms with Gasteiger partial charge >= 0.3 is 0 Å². The Kier molecular flexibility index (Phi) is 6.32. The van der Waals surface area contributed by atoms with Crippen LogP contribution in [0.3, 0.4) is 0 Å². The molecule has 0 heteroatoms. The van der Waals surface area contributed by atoms with Crippen LogP contribution >= 0.6 is 0 Å². The van der Waals surface area contributed by atoms with E-state index in [0.717, 1.165) is 6.42 Å². The van der Waals surface area contributed by atoms with Crippen molar-refractivity contribution in [1.29, 1.82) is 0 Å². The Labute approximate surface area is 107 Å². The highest BCUT2D eigenvalue weighted by Gasteiger charge is 2.01. The van der Waals surface area contributed by atoms with Crippen molar-refractivity contribution in [3.05, 3.63) is 41.3 Å². The summed E-state index contributed by atoms with van der Waals surface area (Å²) in [6.07, 6.45) is 9.06. The Hall–Kier alpha value is -0.780. The smallest absolute Gasteiger partial charge is 0.0279 e. The lowest BCUT2D eigenvalue weighted by atomic mass is 9.97. The molecule has 0 amide bonds. The number of benzene rings is 1. The molecule has 0 saturated carbocycles. The molecule has 0 unspecified atom stereocenters. The molecule has 17 heavy (non-hydrogen) atoms. The summed E-state index contributed by atoms with van der Waals surface area (Å²) in [7, 11) is 0. The van der Waals surface area contributed by atoms with Gasteiger partial charge in [-0.2, -0.15) is 0 Å². The second kappa shape index (κ2) is 7.53. The van der Waals surface area contributed by atoms with Crippen molar-refractivity contribution < 1.29 is 0 Å². The molecular weight excluding hydrogens is 204 g/mol. The van der Waals surface area contributed by atoms with E-state index in [1.54, 1.807) is 0 Å². The Balaban J connectivity index is 2.32. The summed E-state index contributed by atoms with van der Waals surface area (Å²) in [4.78, 5) is 0. The molecule has 1 aromatic carbocycles. The molecule has 1 aromatic rings. The maximum Gasteiger partial charge on any atom is -0.0279 e. The van der Waals surface area contributed by atoms with Crippen LogP contribution < -0.4 is 0 Å². The molecule has 0 heterocycles. The van der Waals surface area contributed by atoms with Gasteiger partial charge in [-0.15, -0.1) is 0 Å². The molecule has 1 radical (unpaired) electrons. The quantitative estimate of drug-likeness (QED) is 0.556. The van der Waals surface area contributed by atoms with Crippen molar-refractivity contribution in [1.82, 2.24) is 0 Å². The number of hydrogen-bond donors (Lipinski definition) is 0. The van der Waals surface area contributed by atoms with Gasteiger partial charge in [0.1, 0.15) is 0 Å². The third kappa shape index (κ3) is 4.93. The normalized spacial score (nSPS) is 10.8. The van der Waals surface area contributed by atoms with Gasteiger partial charge in [-0.1, -0.05) is 51.2 Å². The summed E-state index contributed by atoms with van der Waals surface area (Å²) in [5.74, 6) is 0. The molecule has 0 bridgehead atoms. The lowest BCUT2D eigenvalue weighted by Gasteiger charge is -2.09. The molecule has 0 aliphatic rings. The number of rotatable bonds is 7. The van der Waals surface area contributed by atoms with Gasteiger partial charge in [0.15, 0.2) is 0 Å². The molecule has 0 N–H and O–H groups in total. The Morgan fingerprint density at radius 3 is 1.94 bits per heavy atom. The van der Waals surface area contributed by atoms with E-state index in [-0.39, 0.29) is 0 Å². The fourth-order valence-corrected chi connectivity index (χ4v) is 2.31. The van der Waals surface area contributed by atoms with Gasteiger partial charge < -0.3 is 0 Å². The van der Waals surface area contributed by atoms with Crippen LogP contribution in [0, 0.1) is 27.7 Å². The first kappa shape index (κ1) is 14.3. The van der Waals surface area contributed by atoms with Gasteiger partial charge in [0.2, 0.25) is 0 Å². The lowest BCUT2D eigenvalue weighted by Crippen LogP contribution is -1.92. The lowest BCUT2D eigenvalue weighted by molar-refractivity contribution is 0.617. The minimum absolute atomic E-state index is 1.09. The number of aryl methyl sites for hydroxylation is 3. The molecule has 0 saturated heterocycles. The molecule has 0 aliphatic heterocycles. The third-order valence-corrected chi connectivity index (χ3v) is 3.70. The second-order valence-electron chi connectivity index (χ2n) is 5.23. The van der Waals surface area contributed by atoms with Crippen LogP contribution in [-0.4, -0.2) is 0 Å². The Bertz CT molecular complexity index is 313. The average molecular weight is 231 g/mol. The Morgan fingerprint density at radius 2 is 1.35 bits per heavy atom. The summed E-state index contributed by atoms with van der Waals surface area (Å²) in [6, 6.07) is 4.72. The first-order valence-corrected chi connectivity index (χ1v) is 7.01. The van der Waals surface area contributed by atoms with Crippen molar-refractivity contribution in [3.63, 3.8) is 0 Å². The van der Waals surface area contributed by atoms with Gasteiger partial charge in [-0.3, -0.25) is 0 Å². The van der Waals surface area contributed by atoms with Crippen molar-refractivity contribution in [3.8, 4) is 0 Å². The minimum Gasteiger partial charge on any atom is -0.0558 e. The van der Waals surface area contributed by atoms with E-state index in [1.807, 2.05) is 0 Å². The maximum absolute atomic E-state index is 3.88. The molecule has 1 rings (SSSR count). The first-order valence-electron chi connectivity index (χ1n) is 7.01. The fourth-order valence-electron chi connectivity index (χ4n) is 2.31. The largest absolute Gasteiger partial charge is 0.0558 e. The van der Waals surface area contributed by atoms with E-state index in [2.05, 4.69) is 39.8 Å². The topological polar surface area (TPSA) is 0 Å². The van der Waals surface area contributed by atoms with Crippen LogP contribution in [-0.2, 0) is 6.42 Å². The molecule has 0 aliphatic carbocycles. The van der Waals surface area contributed by atoms with Gasteiger partial charge in [-0.05, 0) is 55.9 Å². The van der Waals surface area contributed by atoms with Crippen molar-refractivity contribution in [2.24, 2.45) is 0 Å². The van der Waals surface area contributed by atoms with E-state index < -0.39 is 0 Å². The molecular formula is C17H27. The van der Waals surface area contributed by atoms with E-state index >= 15 is 0 Å². The molecule has 0 fully saturated rings. The molecule has 0 nitrogen and oxygen atoms in total. The van der Waals surface area contributed by atoms with Gasteiger partial charge in [-0.25, -0.2) is 0 Å². The maximum atomic E-state index is 3.88. The van der Waals surface area contributed by atoms with E-state index in [1.165, 1.54) is 60.8 Å². The number of hydrogen-bond acceptors (Lipinski definition) is 0. The SMILES string of the molecule is [CH2]CCCCCCCc1cc(C)c(C)c(C)c1. The summed E-state index contributed by atoms with van der Waals surface area (Å²) in [5.41, 5.74) is 5.85. The van der Waals surface area contributed by atoms with Crippen LogP contribution in [0.5, 0.6) is 0 Å². The van der Waals surface area contributed by atoms with Crippen LogP contribution in [0.25, 0.3) is 0 Å². The third-order valence-electron chi connectivity index (χ3n) is 3.70. The van der Waals surface area contributed by atoms with Crippen molar-refractivity contribution >= 4 is 0 Å². The standard InChI is InChI=1S/C17H27/c1-5-6-7-8-9-10-11-17-12-14(2)16(4)15(3)13-17/h12-13H,1,5-11H2,2-4H3. The predicted octanol–water partition coefficient (Wildman–Crippen LogP) is 5.33. The Morgan fingerprint density at radius 1 is 0.824 bits per heavy atom. The average Bonchev–Trinajstić information content (AvgIpc) is 2.30. The van der Waals surface area contributed by atoms with E-state index in [9.17, 15) is 0 Å². The van der Waals surface area contributed by atoms with E-state index in [0.29, 0.717) is 0 Å². The van der Waals surface area contributed by atoms with Crippen LogP contribution in [0.2, 0.25) is 0 Å².